The van der Waals surface area contributed by atoms with Crippen LogP contribution in [0.1, 0.15) is 34.2 Å². The van der Waals surface area contributed by atoms with Crippen LogP contribution in [-0.4, -0.2) is 27.8 Å². The third kappa shape index (κ3) is 4.32. The normalized spacial score (nSPS) is 11.8. The molecule has 0 spiro atoms. The quantitative estimate of drug-likeness (QED) is 0.621. The van der Waals surface area contributed by atoms with Crippen LogP contribution in [0, 0.1) is 20.8 Å². The van der Waals surface area contributed by atoms with E-state index >= 15 is 0 Å². The van der Waals surface area contributed by atoms with Gasteiger partial charge in [0.1, 0.15) is 5.56 Å². The van der Waals surface area contributed by atoms with Gasteiger partial charge in [0.25, 0.3) is 5.91 Å². The zero-order valence-electron chi connectivity index (χ0n) is 16.7. The Hall–Kier alpha value is -3.12. The van der Waals surface area contributed by atoms with Gasteiger partial charge in [0, 0.05) is 10.7 Å². The van der Waals surface area contributed by atoms with E-state index < -0.39 is 18.0 Å². The van der Waals surface area contributed by atoms with Crippen LogP contribution in [0.4, 0.5) is 5.69 Å². The third-order valence-electron chi connectivity index (χ3n) is 4.67. The lowest BCUT2D eigenvalue weighted by atomic mass is 10.2. The number of carbonyl (C=O) groups excluding carboxylic acids is 2. The highest BCUT2D eigenvalue weighted by Crippen LogP contribution is 2.23. The Morgan fingerprint density at radius 3 is 2.45 bits per heavy atom. The maximum absolute atomic E-state index is 12.7. The predicted octanol–water partition coefficient (Wildman–Crippen LogP) is 4.63. The number of rotatable bonds is 5. The fourth-order valence-corrected chi connectivity index (χ4v) is 3.18. The molecule has 1 aromatic heterocycles. The number of amides is 1. The van der Waals surface area contributed by atoms with Crippen LogP contribution >= 0.6 is 11.6 Å². The zero-order chi connectivity index (χ0) is 21.1. The summed E-state index contributed by atoms with van der Waals surface area (Å²) in [5, 5.41) is 7.74. The Kier molecular flexibility index (Phi) is 6.03. The number of para-hydroxylation sites is 1. The van der Waals surface area contributed by atoms with Crippen molar-refractivity contribution in [1.29, 1.82) is 0 Å². The largest absolute Gasteiger partial charge is 0.449 e. The SMILES string of the molecule is Cc1nn(-c2ccccc2)c(C)c1C(=O)O[C@H](C)C(=O)Nc1cccc(Cl)c1C. The first-order chi connectivity index (χ1) is 13.8. The van der Waals surface area contributed by atoms with Gasteiger partial charge in [0.05, 0.1) is 17.1 Å². The molecular formula is C22H22ClN3O3. The molecule has 0 saturated heterocycles. The molecule has 150 valence electrons. The molecule has 0 bridgehead atoms. The number of anilines is 1. The van der Waals surface area contributed by atoms with Crippen molar-refractivity contribution in [3.63, 3.8) is 0 Å². The van der Waals surface area contributed by atoms with Gasteiger partial charge in [-0.05, 0) is 57.5 Å². The molecule has 0 aliphatic heterocycles. The molecule has 1 N–H and O–H groups in total. The summed E-state index contributed by atoms with van der Waals surface area (Å²) in [7, 11) is 0. The van der Waals surface area contributed by atoms with Gasteiger partial charge in [-0.2, -0.15) is 5.10 Å². The van der Waals surface area contributed by atoms with Crippen molar-refractivity contribution in [2.45, 2.75) is 33.8 Å². The highest BCUT2D eigenvalue weighted by atomic mass is 35.5. The van der Waals surface area contributed by atoms with Gasteiger partial charge in [-0.3, -0.25) is 4.79 Å². The molecule has 0 fully saturated rings. The maximum Gasteiger partial charge on any atom is 0.342 e. The number of nitrogens with zero attached hydrogens (tertiary/aromatic N) is 2. The highest BCUT2D eigenvalue weighted by Gasteiger charge is 2.25. The first kappa shape index (κ1) is 20.6. The lowest BCUT2D eigenvalue weighted by Gasteiger charge is -2.15. The summed E-state index contributed by atoms with van der Waals surface area (Å²) in [4.78, 5) is 25.2. The van der Waals surface area contributed by atoms with E-state index in [1.165, 1.54) is 6.92 Å². The fourth-order valence-electron chi connectivity index (χ4n) is 3.01. The van der Waals surface area contributed by atoms with Crippen LogP contribution in [0.5, 0.6) is 0 Å². The number of nitrogens with one attached hydrogen (secondary N) is 1. The molecule has 1 amide bonds. The van der Waals surface area contributed by atoms with E-state index in [0.29, 0.717) is 27.7 Å². The second-order valence-corrected chi connectivity index (χ2v) is 7.15. The first-order valence-electron chi connectivity index (χ1n) is 9.18. The molecular weight excluding hydrogens is 390 g/mol. The molecule has 29 heavy (non-hydrogen) atoms. The van der Waals surface area contributed by atoms with Crippen LogP contribution < -0.4 is 5.32 Å². The summed E-state index contributed by atoms with van der Waals surface area (Å²) in [6.07, 6.45) is -0.986. The number of aromatic nitrogens is 2. The molecule has 7 heteroatoms. The minimum atomic E-state index is -0.986. The van der Waals surface area contributed by atoms with Crippen LogP contribution in [0.3, 0.4) is 0 Å². The van der Waals surface area contributed by atoms with E-state index in [1.807, 2.05) is 30.3 Å². The number of benzene rings is 2. The first-order valence-corrected chi connectivity index (χ1v) is 9.56. The topological polar surface area (TPSA) is 73.2 Å². The number of carbonyl (C=O) groups is 2. The van der Waals surface area contributed by atoms with E-state index in [-0.39, 0.29) is 0 Å². The Balaban J connectivity index is 1.75. The van der Waals surface area contributed by atoms with Gasteiger partial charge in [-0.25, -0.2) is 9.48 Å². The molecule has 0 saturated carbocycles. The number of esters is 1. The lowest BCUT2D eigenvalue weighted by molar-refractivity contribution is -0.123. The van der Waals surface area contributed by atoms with Gasteiger partial charge in [-0.1, -0.05) is 35.9 Å². The third-order valence-corrected chi connectivity index (χ3v) is 5.08. The van der Waals surface area contributed by atoms with Crippen molar-refractivity contribution >= 4 is 29.2 Å². The Morgan fingerprint density at radius 1 is 1.07 bits per heavy atom. The molecule has 0 aliphatic carbocycles. The Morgan fingerprint density at radius 2 is 1.76 bits per heavy atom. The van der Waals surface area contributed by atoms with Crippen LogP contribution in [-0.2, 0) is 9.53 Å². The molecule has 1 heterocycles. The minimum absolute atomic E-state index is 0.354. The molecule has 0 unspecified atom stereocenters. The monoisotopic (exact) mass is 411 g/mol. The molecule has 0 radical (unpaired) electrons. The number of ether oxygens (including phenoxy) is 1. The second kappa shape index (κ2) is 8.49. The van der Waals surface area contributed by atoms with Crippen molar-refractivity contribution in [1.82, 2.24) is 9.78 Å². The zero-order valence-corrected chi connectivity index (χ0v) is 17.4. The van der Waals surface area contributed by atoms with Gasteiger partial charge >= 0.3 is 5.97 Å². The van der Waals surface area contributed by atoms with Crippen LogP contribution in [0.15, 0.2) is 48.5 Å². The molecule has 2 aromatic carbocycles. The molecule has 1 atom stereocenters. The van der Waals surface area contributed by atoms with E-state index in [4.69, 9.17) is 16.3 Å². The number of halogens is 1. The molecule has 0 aliphatic rings. The second-order valence-electron chi connectivity index (χ2n) is 6.74. The van der Waals surface area contributed by atoms with Crippen molar-refractivity contribution in [2.24, 2.45) is 0 Å². The van der Waals surface area contributed by atoms with Gasteiger partial charge < -0.3 is 10.1 Å². The minimum Gasteiger partial charge on any atom is -0.449 e. The van der Waals surface area contributed by atoms with Crippen molar-refractivity contribution in [3.8, 4) is 5.69 Å². The fraction of sp³-hybridized carbons (Fsp3) is 0.227. The maximum atomic E-state index is 12.7. The number of hydrogen-bond donors (Lipinski definition) is 1. The lowest BCUT2D eigenvalue weighted by Crippen LogP contribution is -2.30. The van der Waals surface area contributed by atoms with Gasteiger partial charge in [-0.15, -0.1) is 0 Å². The van der Waals surface area contributed by atoms with E-state index in [9.17, 15) is 9.59 Å². The average Bonchev–Trinajstić information content (AvgIpc) is 3.00. The molecule has 6 nitrogen and oxygen atoms in total. The van der Waals surface area contributed by atoms with Gasteiger partial charge in [0.2, 0.25) is 0 Å². The smallest absolute Gasteiger partial charge is 0.342 e. The number of aryl methyl sites for hydroxylation is 1. The van der Waals surface area contributed by atoms with E-state index in [2.05, 4.69) is 10.4 Å². The van der Waals surface area contributed by atoms with Crippen LogP contribution in [0.25, 0.3) is 5.69 Å². The summed E-state index contributed by atoms with van der Waals surface area (Å²) in [5.41, 5.74) is 3.71. The van der Waals surface area contributed by atoms with Crippen molar-refractivity contribution in [3.05, 3.63) is 76.1 Å². The molecule has 3 aromatic rings. The standard InChI is InChI=1S/C22H22ClN3O3/c1-13-18(23)11-8-12-19(13)24-21(27)16(4)29-22(28)20-14(2)25-26(15(20)3)17-9-6-5-7-10-17/h5-12,16H,1-4H3,(H,24,27)/t16-/m1/s1. The van der Waals surface area contributed by atoms with Gasteiger partial charge in [0.15, 0.2) is 6.10 Å². The average molecular weight is 412 g/mol. The summed E-state index contributed by atoms with van der Waals surface area (Å²) in [6, 6.07) is 14.7. The van der Waals surface area contributed by atoms with Crippen LogP contribution in [0.2, 0.25) is 5.02 Å². The summed E-state index contributed by atoms with van der Waals surface area (Å²) in [6.45, 7) is 6.87. The summed E-state index contributed by atoms with van der Waals surface area (Å²) >= 11 is 6.08. The van der Waals surface area contributed by atoms with Crippen molar-refractivity contribution in [2.75, 3.05) is 5.32 Å². The Bertz CT molecular complexity index is 1060. The summed E-state index contributed by atoms with van der Waals surface area (Å²) < 4.78 is 7.10. The molecule has 3 rings (SSSR count). The van der Waals surface area contributed by atoms with Crippen molar-refractivity contribution < 1.29 is 14.3 Å². The Labute approximate surface area is 174 Å². The summed E-state index contributed by atoms with van der Waals surface area (Å²) in [5.74, 6) is -1.03. The predicted molar refractivity (Wildman–Crippen MR) is 113 cm³/mol. The number of hydrogen-bond acceptors (Lipinski definition) is 4. The highest BCUT2D eigenvalue weighted by molar-refractivity contribution is 6.31. The van der Waals surface area contributed by atoms with E-state index in [0.717, 1.165) is 11.3 Å². The van der Waals surface area contributed by atoms with E-state index in [1.54, 1.807) is 43.7 Å².